The summed E-state index contributed by atoms with van der Waals surface area (Å²) in [5.74, 6) is -1.77. The molecule has 0 aromatic heterocycles. The number of aliphatic hydroxyl groups excluding tert-OH is 1. The van der Waals surface area contributed by atoms with Crippen molar-refractivity contribution in [3.8, 4) is 0 Å². The average Bonchev–Trinajstić information content (AvgIpc) is 2.90. The summed E-state index contributed by atoms with van der Waals surface area (Å²) < 4.78 is 12.7. The third-order valence-electron chi connectivity index (χ3n) is 3.49. The predicted octanol–water partition coefficient (Wildman–Crippen LogP) is 0.993. The number of likely N-dealkylation sites (tertiary alicyclic amines) is 1. The molecule has 0 aliphatic carbocycles. The lowest BCUT2D eigenvalue weighted by molar-refractivity contribution is -0.142. The van der Waals surface area contributed by atoms with Crippen molar-refractivity contribution in [1.29, 1.82) is 0 Å². The molecule has 2 atom stereocenters. The number of carbonyl (C=O) groups excluding carboxylic acids is 2. The van der Waals surface area contributed by atoms with Gasteiger partial charge in [-0.15, -0.1) is 0 Å². The van der Waals surface area contributed by atoms with E-state index in [9.17, 15) is 19.1 Å². The van der Waals surface area contributed by atoms with E-state index in [1.165, 1.54) is 29.2 Å². The van der Waals surface area contributed by atoms with E-state index in [4.69, 9.17) is 0 Å². The number of halogens is 1. The van der Waals surface area contributed by atoms with Crippen molar-refractivity contribution >= 4 is 17.5 Å². The number of hydrogen-bond acceptors (Lipinski definition) is 3. The van der Waals surface area contributed by atoms with Gasteiger partial charge in [0.1, 0.15) is 5.82 Å². The second-order valence-corrected chi connectivity index (χ2v) is 5.00. The number of rotatable bonds is 2. The van der Waals surface area contributed by atoms with Crippen LogP contribution >= 0.6 is 0 Å². The number of aliphatic hydroxyl groups is 1. The van der Waals surface area contributed by atoms with Crippen molar-refractivity contribution in [2.24, 2.45) is 5.92 Å². The van der Waals surface area contributed by atoms with Gasteiger partial charge in [0, 0.05) is 24.7 Å². The van der Waals surface area contributed by atoms with Crippen LogP contribution in [0, 0.1) is 11.7 Å². The van der Waals surface area contributed by atoms with Gasteiger partial charge in [0.25, 0.3) is 0 Å². The highest BCUT2D eigenvalue weighted by atomic mass is 19.1. The van der Waals surface area contributed by atoms with Gasteiger partial charge in [0.05, 0.1) is 6.10 Å². The fourth-order valence-corrected chi connectivity index (χ4v) is 2.23. The van der Waals surface area contributed by atoms with Crippen molar-refractivity contribution in [1.82, 2.24) is 4.90 Å². The van der Waals surface area contributed by atoms with Crippen LogP contribution in [0.4, 0.5) is 10.1 Å². The van der Waals surface area contributed by atoms with E-state index in [2.05, 4.69) is 5.32 Å². The van der Waals surface area contributed by atoms with Gasteiger partial charge in [-0.05, 0) is 37.6 Å². The number of hydrogen-bond donors (Lipinski definition) is 2. The Morgan fingerprint density at radius 1 is 1.40 bits per heavy atom. The zero-order valence-electron chi connectivity index (χ0n) is 11.2. The van der Waals surface area contributed by atoms with Crippen LogP contribution in [0.15, 0.2) is 24.3 Å². The monoisotopic (exact) mass is 280 g/mol. The van der Waals surface area contributed by atoms with Crippen molar-refractivity contribution in [3.63, 3.8) is 0 Å². The van der Waals surface area contributed by atoms with Gasteiger partial charge in [0.2, 0.25) is 0 Å². The van der Waals surface area contributed by atoms with Gasteiger partial charge in [-0.25, -0.2) is 4.39 Å². The minimum Gasteiger partial charge on any atom is -0.393 e. The Kier molecular flexibility index (Phi) is 4.34. The molecule has 1 saturated heterocycles. The maximum Gasteiger partial charge on any atom is 0.313 e. The van der Waals surface area contributed by atoms with Gasteiger partial charge in [0.15, 0.2) is 0 Å². The molecule has 1 fully saturated rings. The highest BCUT2D eigenvalue weighted by molar-refractivity contribution is 6.39. The maximum atomic E-state index is 12.7. The van der Waals surface area contributed by atoms with E-state index in [1.54, 1.807) is 6.92 Å². The van der Waals surface area contributed by atoms with Gasteiger partial charge in [-0.3, -0.25) is 9.59 Å². The number of nitrogens with one attached hydrogen (secondary N) is 1. The summed E-state index contributed by atoms with van der Waals surface area (Å²) in [6, 6.07) is 5.20. The first kappa shape index (κ1) is 14.5. The van der Waals surface area contributed by atoms with Crippen LogP contribution in [-0.2, 0) is 9.59 Å². The largest absolute Gasteiger partial charge is 0.393 e. The maximum absolute atomic E-state index is 12.7. The number of anilines is 1. The molecule has 1 aromatic rings. The Morgan fingerprint density at radius 2 is 2.05 bits per heavy atom. The Balaban J connectivity index is 1.93. The van der Waals surface area contributed by atoms with E-state index in [-0.39, 0.29) is 5.92 Å². The van der Waals surface area contributed by atoms with E-state index < -0.39 is 23.7 Å². The van der Waals surface area contributed by atoms with Crippen molar-refractivity contribution in [2.75, 3.05) is 18.4 Å². The summed E-state index contributed by atoms with van der Waals surface area (Å²) >= 11 is 0. The normalized spacial score (nSPS) is 19.8. The molecule has 2 rings (SSSR count). The predicted molar refractivity (Wildman–Crippen MR) is 71.4 cm³/mol. The third kappa shape index (κ3) is 3.33. The molecule has 1 aromatic carbocycles. The first-order chi connectivity index (χ1) is 9.47. The lowest BCUT2D eigenvalue weighted by atomic mass is 10.0. The Bertz CT molecular complexity index is 502. The van der Waals surface area contributed by atoms with Crippen molar-refractivity contribution < 1.29 is 19.1 Å². The molecule has 0 spiro atoms. The zero-order valence-corrected chi connectivity index (χ0v) is 11.2. The summed E-state index contributed by atoms with van der Waals surface area (Å²) in [7, 11) is 0. The Hall–Kier alpha value is -1.95. The van der Waals surface area contributed by atoms with Crippen LogP contribution in [0.2, 0.25) is 0 Å². The first-order valence-electron chi connectivity index (χ1n) is 6.51. The lowest BCUT2D eigenvalue weighted by Gasteiger charge is -2.17. The minimum absolute atomic E-state index is 0.0116. The molecule has 0 saturated carbocycles. The summed E-state index contributed by atoms with van der Waals surface area (Å²) in [5.41, 5.74) is 0.371. The summed E-state index contributed by atoms with van der Waals surface area (Å²) in [4.78, 5) is 25.2. The number of benzene rings is 1. The Morgan fingerprint density at radius 3 is 2.60 bits per heavy atom. The number of carbonyl (C=O) groups is 2. The molecule has 2 amide bonds. The Labute approximate surface area is 116 Å². The number of amides is 2. The van der Waals surface area contributed by atoms with E-state index in [0.29, 0.717) is 25.2 Å². The third-order valence-corrected chi connectivity index (χ3v) is 3.49. The second kappa shape index (κ2) is 6.00. The molecule has 1 aliphatic rings. The van der Waals surface area contributed by atoms with E-state index in [0.717, 1.165) is 0 Å². The molecule has 2 unspecified atom stereocenters. The molecule has 1 aliphatic heterocycles. The molecule has 2 N–H and O–H groups in total. The van der Waals surface area contributed by atoms with E-state index >= 15 is 0 Å². The number of nitrogens with zero attached hydrogens (tertiary/aromatic N) is 1. The highest BCUT2D eigenvalue weighted by Gasteiger charge is 2.32. The van der Waals surface area contributed by atoms with Crippen LogP contribution < -0.4 is 5.32 Å². The fraction of sp³-hybridized carbons (Fsp3) is 0.429. The van der Waals surface area contributed by atoms with Gasteiger partial charge in [-0.1, -0.05) is 0 Å². The molecule has 108 valence electrons. The molecule has 0 radical (unpaired) electrons. The van der Waals surface area contributed by atoms with Crippen LogP contribution in [-0.4, -0.2) is 41.0 Å². The molecule has 1 heterocycles. The molecular formula is C14H17FN2O3. The quantitative estimate of drug-likeness (QED) is 0.794. The smallest absolute Gasteiger partial charge is 0.313 e. The fourth-order valence-electron chi connectivity index (χ4n) is 2.23. The minimum atomic E-state index is -0.747. The lowest BCUT2D eigenvalue weighted by Crippen LogP contribution is -2.38. The van der Waals surface area contributed by atoms with E-state index in [1.807, 2.05) is 0 Å². The second-order valence-electron chi connectivity index (χ2n) is 5.00. The zero-order chi connectivity index (χ0) is 14.7. The van der Waals surface area contributed by atoms with Crippen LogP contribution in [0.5, 0.6) is 0 Å². The molecule has 5 nitrogen and oxygen atoms in total. The molecule has 0 bridgehead atoms. The summed E-state index contributed by atoms with van der Waals surface area (Å²) in [5, 5.41) is 11.9. The molecular weight excluding hydrogens is 263 g/mol. The highest BCUT2D eigenvalue weighted by Crippen LogP contribution is 2.20. The topological polar surface area (TPSA) is 69.6 Å². The molecule has 6 heteroatoms. The van der Waals surface area contributed by atoms with Crippen LogP contribution in [0.25, 0.3) is 0 Å². The first-order valence-corrected chi connectivity index (χ1v) is 6.51. The van der Waals surface area contributed by atoms with Crippen LogP contribution in [0.1, 0.15) is 13.3 Å². The summed E-state index contributed by atoms with van der Waals surface area (Å²) in [6.07, 6.45) is 0.195. The van der Waals surface area contributed by atoms with Gasteiger partial charge < -0.3 is 15.3 Å². The standard InChI is InChI=1S/C14H17FN2O3/c1-9(18)10-6-7-17(8-10)14(20)13(19)16-12-4-2-11(15)3-5-12/h2-5,9-10,18H,6-8H2,1H3,(H,16,19). The van der Waals surface area contributed by atoms with Crippen molar-refractivity contribution in [3.05, 3.63) is 30.1 Å². The van der Waals surface area contributed by atoms with Gasteiger partial charge in [-0.2, -0.15) is 0 Å². The van der Waals surface area contributed by atoms with Crippen LogP contribution in [0.3, 0.4) is 0 Å². The average molecular weight is 280 g/mol. The van der Waals surface area contributed by atoms with Gasteiger partial charge >= 0.3 is 11.8 Å². The summed E-state index contributed by atoms with van der Waals surface area (Å²) in [6.45, 7) is 2.52. The van der Waals surface area contributed by atoms with Crippen molar-refractivity contribution in [2.45, 2.75) is 19.4 Å². The SMILES string of the molecule is CC(O)C1CCN(C(=O)C(=O)Nc2ccc(F)cc2)C1. The molecule has 20 heavy (non-hydrogen) atoms.